The van der Waals surface area contributed by atoms with Gasteiger partial charge >= 0.3 is 6.03 Å². The smallest absolute Gasteiger partial charge is 0.333 e. The van der Waals surface area contributed by atoms with Crippen LogP contribution in [0, 0.1) is 6.92 Å². The van der Waals surface area contributed by atoms with Gasteiger partial charge in [-0.2, -0.15) is 4.31 Å². The Morgan fingerprint density at radius 1 is 1.00 bits per heavy atom. The highest BCUT2D eigenvalue weighted by Gasteiger charge is 2.30. The molecule has 0 heterocycles. The van der Waals surface area contributed by atoms with Gasteiger partial charge in [-0.25, -0.2) is 13.2 Å². The number of rotatable bonds is 3. The minimum absolute atomic E-state index is 0.0580. The molecule has 0 atom stereocenters. The number of urea groups is 1. The fraction of sp³-hybridized carbons (Fsp3) is 0.0714. The van der Waals surface area contributed by atoms with E-state index in [4.69, 9.17) is 5.73 Å². The highest BCUT2D eigenvalue weighted by Crippen LogP contribution is 2.25. The maximum Gasteiger partial charge on any atom is 0.333 e. The summed E-state index contributed by atoms with van der Waals surface area (Å²) in [5, 5.41) is 0. The first-order chi connectivity index (χ1) is 9.44. The van der Waals surface area contributed by atoms with Gasteiger partial charge in [0.1, 0.15) is 0 Å². The molecule has 2 aromatic rings. The van der Waals surface area contributed by atoms with Crippen molar-refractivity contribution in [2.24, 2.45) is 5.73 Å². The highest BCUT2D eigenvalue weighted by atomic mass is 32.2. The molecule has 0 unspecified atom stereocenters. The van der Waals surface area contributed by atoms with Gasteiger partial charge in [-0.3, -0.25) is 0 Å². The van der Waals surface area contributed by atoms with Crippen molar-refractivity contribution in [3.8, 4) is 0 Å². The van der Waals surface area contributed by atoms with E-state index in [2.05, 4.69) is 0 Å². The Morgan fingerprint density at radius 2 is 1.55 bits per heavy atom. The molecular formula is C14H14N2O3S. The van der Waals surface area contributed by atoms with Crippen LogP contribution >= 0.6 is 0 Å². The second-order valence-corrected chi connectivity index (χ2v) is 5.96. The Morgan fingerprint density at radius 3 is 2.10 bits per heavy atom. The lowest BCUT2D eigenvalue weighted by Crippen LogP contribution is -2.41. The molecule has 0 saturated heterocycles. The Hall–Kier alpha value is -2.34. The molecule has 2 rings (SSSR count). The van der Waals surface area contributed by atoms with Gasteiger partial charge in [0.15, 0.2) is 0 Å². The molecule has 0 fully saturated rings. The Bertz CT molecular complexity index is 727. The number of carbonyl (C=O) groups excluding carboxylic acids is 1. The largest absolute Gasteiger partial charge is 0.350 e. The van der Waals surface area contributed by atoms with Gasteiger partial charge in [0, 0.05) is 0 Å². The summed E-state index contributed by atoms with van der Waals surface area (Å²) < 4.78 is 25.8. The van der Waals surface area contributed by atoms with Gasteiger partial charge < -0.3 is 5.73 Å². The fourth-order valence-corrected chi connectivity index (χ4v) is 3.45. The number of aryl methyl sites for hydroxylation is 1. The van der Waals surface area contributed by atoms with Crippen LogP contribution in [0.1, 0.15) is 5.56 Å². The molecule has 0 aliphatic rings. The summed E-state index contributed by atoms with van der Waals surface area (Å²) >= 11 is 0. The first-order valence-corrected chi connectivity index (χ1v) is 7.34. The number of anilines is 1. The summed E-state index contributed by atoms with van der Waals surface area (Å²) in [6, 6.07) is 13.4. The average Bonchev–Trinajstić information content (AvgIpc) is 2.39. The Balaban J connectivity index is 2.61. The third-order valence-corrected chi connectivity index (χ3v) is 4.69. The zero-order valence-electron chi connectivity index (χ0n) is 10.9. The zero-order chi connectivity index (χ0) is 14.8. The Labute approximate surface area is 117 Å². The fourth-order valence-electron chi connectivity index (χ4n) is 1.89. The van der Waals surface area contributed by atoms with Crippen molar-refractivity contribution in [3.05, 3.63) is 60.2 Å². The van der Waals surface area contributed by atoms with Crippen molar-refractivity contribution in [2.75, 3.05) is 4.31 Å². The van der Waals surface area contributed by atoms with E-state index in [1.165, 1.54) is 18.2 Å². The molecule has 0 spiro atoms. The van der Waals surface area contributed by atoms with Crippen molar-refractivity contribution in [3.63, 3.8) is 0 Å². The second kappa shape index (κ2) is 5.34. The lowest BCUT2D eigenvalue weighted by Gasteiger charge is -2.21. The molecule has 2 N–H and O–H groups in total. The lowest BCUT2D eigenvalue weighted by molar-refractivity contribution is 0.257. The van der Waals surface area contributed by atoms with E-state index in [0.29, 0.717) is 9.87 Å². The minimum Gasteiger partial charge on any atom is -0.350 e. The first-order valence-electron chi connectivity index (χ1n) is 5.90. The predicted octanol–water partition coefficient (Wildman–Crippen LogP) is 2.27. The second-order valence-electron chi connectivity index (χ2n) is 4.21. The first kappa shape index (κ1) is 14.1. The predicted molar refractivity (Wildman–Crippen MR) is 76.9 cm³/mol. The summed E-state index contributed by atoms with van der Waals surface area (Å²) in [4.78, 5) is 11.7. The van der Waals surface area contributed by atoms with E-state index in [0.717, 1.165) is 0 Å². The van der Waals surface area contributed by atoms with Gasteiger partial charge in [0.2, 0.25) is 0 Å². The van der Waals surface area contributed by atoms with Crippen LogP contribution in [-0.4, -0.2) is 14.4 Å². The van der Waals surface area contributed by atoms with Gasteiger partial charge in [-0.05, 0) is 30.7 Å². The third kappa shape index (κ3) is 2.50. The molecule has 0 saturated carbocycles. The molecule has 5 nitrogen and oxygen atoms in total. The van der Waals surface area contributed by atoms with E-state index in [1.807, 2.05) is 0 Å². The van der Waals surface area contributed by atoms with Gasteiger partial charge in [0.25, 0.3) is 10.0 Å². The molecular weight excluding hydrogens is 276 g/mol. The lowest BCUT2D eigenvalue weighted by atomic mass is 10.2. The van der Waals surface area contributed by atoms with Crippen molar-refractivity contribution in [2.45, 2.75) is 11.8 Å². The van der Waals surface area contributed by atoms with Crippen LogP contribution in [-0.2, 0) is 10.0 Å². The number of hydrogen-bond acceptors (Lipinski definition) is 3. The number of para-hydroxylation sites is 1. The number of amides is 2. The third-order valence-electron chi connectivity index (χ3n) is 2.80. The molecule has 0 aliphatic heterocycles. The van der Waals surface area contributed by atoms with E-state index in [-0.39, 0.29) is 10.6 Å². The van der Waals surface area contributed by atoms with E-state index in [1.54, 1.807) is 43.3 Å². The topological polar surface area (TPSA) is 80.5 Å². The van der Waals surface area contributed by atoms with Gasteiger partial charge in [0.05, 0.1) is 10.6 Å². The zero-order valence-corrected chi connectivity index (χ0v) is 11.7. The summed E-state index contributed by atoms with van der Waals surface area (Å²) in [7, 11) is -4.03. The quantitative estimate of drug-likeness (QED) is 0.941. The monoisotopic (exact) mass is 290 g/mol. The molecule has 20 heavy (non-hydrogen) atoms. The maximum absolute atomic E-state index is 12.6. The van der Waals surface area contributed by atoms with Crippen LogP contribution in [0.3, 0.4) is 0 Å². The van der Waals surface area contributed by atoms with Crippen molar-refractivity contribution in [1.29, 1.82) is 0 Å². The number of nitrogens with two attached hydrogens (primary N) is 1. The standard InChI is InChI=1S/C14H14N2O3S/c1-11-7-5-6-10-13(11)20(18,19)16(14(15)17)12-8-3-2-4-9-12/h2-10H,1H3,(H2,15,17). The maximum atomic E-state index is 12.6. The number of sulfonamides is 1. The van der Waals surface area contributed by atoms with Gasteiger partial charge in [-0.15, -0.1) is 0 Å². The average molecular weight is 290 g/mol. The van der Waals surface area contributed by atoms with Crippen LogP contribution in [0.15, 0.2) is 59.5 Å². The van der Waals surface area contributed by atoms with Gasteiger partial charge in [-0.1, -0.05) is 36.4 Å². The molecule has 2 amide bonds. The molecule has 2 aromatic carbocycles. The number of carbonyl (C=O) groups is 1. The SMILES string of the molecule is Cc1ccccc1S(=O)(=O)N(C(N)=O)c1ccccc1. The van der Waals surface area contributed by atoms with Crippen LogP contribution in [0.5, 0.6) is 0 Å². The van der Waals surface area contributed by atoms with Crippen molar-refractivity contribution in [1.82, 2.24) is 0 Å². The number of benzene rings is 2. The molecule has 6 heteroatoms. The number of nitrogens with zero attached hydrogens (tertiary/aromatic N) is 1. The molecule has 0 aromatic heterocycles. The van der Waals surface area contributed by atoms with Crippen LogP contribution in [0.2, 0.25) is 0 Å². The van der Waals surface area contributed by atoms with Crippen LogP contribution in [0.25, 0.3) is 0 Å². The Kier molecular flexibility index (Phi) is 3.76. The molecule has 0 bridgehead atoms. The minimum atomic E-state index is -4.03. The number of primary amides is 1. The van der Waals surface area contributed by atoms with Crippen LogP contribution < -0.4 is 10.0 Å². The highest BCUT2D eigenvalue weighted by molar-refractivity contribution is 7.93. The summed E-state index contributed by atoms with van der Waals surface area (Å²) in [6.45, 7) is 1.66. The van der Waals surface area contributed by atoms with E-state index >= 15 is 0 Å². The summed E-state index contributed by atoms with van der Waals surface area (Å²) in [5.41, 5.74) is 6.01. The van der Waals surface area contributed by atoms with Crippen molar-refractivity contribution < 1.29 is 13.2 Å². The van der Waals surface area contributed by atoms with Crippen molar-refractivity contribution >= 4 is 21.7 Å². The van der Waals surface area contributed by atoms with E-state index < -0.39 is 16.1 Å². The number of hydrogen-bond donors (Lipinski definition) is 1. The molecule has 0 aliphatic carbocycles. The molecule has 104 valence electrons. The normalized spacial score (nSPS) is 11.1. The summed E-state index contributed by atoms with van der Waals surface area (Å²) in [6.07, 6.45) is 0. The van der Waals surface area contributed by atoms with E-state index in [9.17, 15) is 13.2 Å². The summed E-state index contributed by atoms with van der Waals surface area (Å²) in [5.74, 6) is 0. The molecule has 0 radical (unpaired) electrons. The van der Waals surface area contributed by atoms with Crippen LogP contribution in [0.4, 0.5) is 10.5 Å².